The second-order valence-electron chi connectivity index (χ2n) is 7.74. The van der Waals surface area contributed by atoms with Gasteiger partial charge >= 0.3 is 0 Å². The normalized spacial score (nSPS) is 13.6. The van der Waals surface area contributed by atoms with Crippen LogP contribution in [0.2, 0.25) is 0 Å². The third kappa shape index (κ3) is 3.65. The SMILES string of the molecule is CN(CC(=O)NC(C)(C)C)C(=O)c1c2c(nc3ccccc13)CCC2. The molecule has 0 bridgehead atoms. The van der Waals surface area contributed by atoms with Crippen LogP contribution in [0, 0.1) is 0 Å². The molecular formula is C20H25N3O2. The first-order chi connectivity index (χ1) is 11.8. The first-order valence-electron chi connectivity index (χ1n) is 8.73. The molecule has 0 aliphatic heterocycles. The summed E-state index contributed by atoms with van der Waals surface area (Å²) in [6.45, 7) is 5.82. The summed E-state index contributed by atoms with van der Waals surface area (Å²) in [5.41, 5.74) is 3.32. The number of hydrogen-bond donors (Lipinski definition) is 1. The van der Waals surface area contributed by atoms with Crippen molar-refractivity contribution in [3.8, 4) is 0 Å². The van der Waals surface area contributed by atoms with Gasteiger partial charge in [-0.1, -0.05) is 18.2 Å². The maximum atomic E-state index is 13.1. The summed E-state index contributed by atoms with van der Waals surface area (Å²) >= 11 is 0. The highest BCUT2D eigenvalue weighted by atomic mass is 16.2. The van der Waals surface area contributed by atoms with E-state index in [0.29, 0.717) is 5.56 Å². The molecule has 1 aromatic heterocycles. The van der Waals surface area contributed by atoms with Crippen LogP contribution >= 0.6 is 0 Å². The van der Waals surface area contributed by atoms with Crippen LogP contribution in [0.4, 0.5) is 0 Å². The number of para-hydroxylation sites is 1. The van der Waals surface area contributed by atoms with E-state index in [2.05, 4.69) is 5.32 Å². The van der Waals surface area contributed by atoms with Crippen molar-refractivity contribution in [1.29, 1.82) is 0 Å². The molecule has 1 heterocycles. The molecule has 0 fully saturated rings. The number of pyridine rings is 1. The minimum Gasteiger partial charge on any atom is -0.350 e. The average molecular weight is 339 g/mol. The molecule has 0 saturated heterocycles. The number of nitrogens with one attached hydrogen (secondary N) is 1. The van der Waals surface area contributed by atoms with Gasteiger partial charge in [-0.3, -0.25) is 14.6 Å². The fourth-order valence-corrected chi connectivity index (χ4v) is 3.39. The second kappa shape index (κ2) is 6.47. The zero-order valence-corrected chi connectivity index (χ0v) is 15.3. The molecule has 1 aliphatic carbocycles. The number of nitrogens with zero attached hydrogens (tertiary/aromatic N) is 2. The van der Waals surface area contributed by atoms with Gasteiger partial charge in [0.15, 0.2) is 0 Å². The van der Waals surface area contributed by atoms with Crippen LogP contribution in [0.5, 0.6) is 0 Å². The van der Waals surface area contributed by atoms with Crippen molar-refractivity contribution in [3.63, 3.8) is 0 Å². The minimum absolute atomic E-state index is 0.0432. The molecule has 2 aromatic rings. The van der Waals surface area contributed by atoms with Gasteiger partial charge in [-0.2, -0.15) is 0 Å². The van der Waals surface area contributed by atoms with Crippen LogP contribution in [0.25, 0.3) is 10.9 Å². The van der Waals surface area contributed by atoms with Crippen molar-refractivity contribution < 1.29 is 9.59 Å². The number of benzene rings is 1. The Morgan fingerprint density at radius 2 is 1.92 bits per heavy atom. The summed E-state index contributed by atoms with van der Waals surface area (Å²) < 4.78 is 0. The van der Waals surface area contributed by atoms with E-state index < -0.39 is 0 Å². The Morgan fingerprint density at radius 3 is 2.64 bits per heavy atom. The van der Waals surface area contributed by atoms with E-state index in [4.69, 9.17) is 4.98 Å². The van der Waals surface area contributed by atoms with Crippen molar-refractivity contribution in [3.05, 3.63) is 41.1 Å². The third-order valence-corrected chi connectivity index (χ3v) is 4.38. The van der Waals surface area contributed by atoms with Gasteiger partial charge in [0.25, 0.3) is 5.91 Å². The Bertz CT molecular complexity index is 837. The molecule has 5 heteroatoms. The number of carbonyl (C=O) groups excluding carboxylic acids is 2. The van der Waals surface area contributed by atoms with E-state index in [-0.39, 0.29) is 23.9 Å². The van der Waals surface area contributed by atoms with Crippen LogP contribution in [0.3, 0.4) is 0 Å². The molecule has 1 N–H and O–H groups in total. The molecule has 3 rings (SSSR count). The quantitative estimate of drug-likeness (QED) is 0.935. The molecule has 1 aliphatic rings. The standard InChI is InChI=1S/C20H25N3O2/c1-20(2,3)22-17(24)12-23(4)19(25)18-13-8-5-6-10-15(13)21-16-11-7-9-14(16)18/h5-6,8,10H,7,9,11-12H2,1-4H3,(H,22,24). The third-order valence-electron chi connectivity index (χ3n) is 4.38. The van der Waals surface area contributed by atoms with Crippen molar-refractivity contribution in [2.24, 2.45) is 0 Å². The molecule has 132 valence electrons. The van der Waals surface area contributed by atoms with Gasteiger partial charge in [-0.05, 0) is 51.7 Å². The minimum atomic E-state index is -0.314. The zero-order chi connectivity index (χ0) is 18.2. The lowest BCUT2D eigenvalue weighted by molar-refractivity contribution is -0.122. The summed E-state index contributed by atoms with van der Waals surface area (Å²) in [4.78, 5) is 31.5. The predicted molar refractivity (Wildman–Crippen MR) is 98.6 cm³/mol. The molecule has 1 aromatic carbocycles. The largest absolute Gasteiger partial charge is 0.350 e. The van der Waals surface area contributed by atoms with Crippen molar-refractivity contribution in [2.75, 3.05) is 13.6 Å². The van der Waals surface area contributed by atoms with Gasteiger partial charge in [-0.15, -0.1) is 0 Å². The number of hydrogen-bond acceptors (Lipinski definition) is 3. The van der Waals surface area contributed by atoms with E-state index in [9.17, 15) is 9.59 Å². The first kappa shape index (κ1) is 17.4. The maximum absolute atomic E-state index is 13.1. The Kier molecular flexibility index (Phi) is 4.50. The van der Waals surface area contributed by atoms with Gasteiger partial charge in [-0.25, -0.2) is 0 Å². The number of rotatable bonds is 3. The van der Waals surface area contributed by atoms with Crippen LogP contribution in [0.1, 0.15) is 48.8 Å². The van der Waals surface area contributed by atoms with E-state index in [1.807, 2.05) is 45.0 Å². The Labute approximate surface area is 148 Å². The second-order valence-corrected chi connectivity index (χ2v) is 7.74. The number of fused-ring (bicyclic) bond motifs is 2. The molecule has 0 spiro atoms. The van der Waals surface area contributed by atoms with E-state index in [0.717, 1.165) is 41.4 Å². The molecule has 5 nitrogen and oxygen atoms in total. The number of carbonyl (C=O) groups is 2. The summed E-state index contributed by atoms with van der Waals surface area (Å²) in [6.07, 6.45) is 2.80. The fraction of sp³-hybridized carbons (Fsp3) is 0.450. The number of amides is 2. The smallest absolute Gasteiger partial charge is 0.255 e. The first-order valence-corrected chi connectivity index (χ1v) is 8.73. The summed E-state index contributed by atoms with van der Waals surface area (Å²) in [5, 5.41) is 3.77. The van der Waals surface area contributed by atoms with E-state index >= 15 is 0 Å². The highest BCUT2D eigenvalue weighted by Crippen LogP contribution is 2.30. The molecule has 0 atom stereocenters. The van der Waals surface area contributed by atoms with Gasteiger partial charge in [0.1, 0.15) is 0 Å². The van der Waals surface area contributed by atoms with Crippen LogP contribution in [0.15, 0.2) is 24.3 Å². The Morgan fingerprint density at radius 1 is 1.20 bits per heavy atom. The highest BCUT2D eigenvalue weighted by molar-refractivity contribution is 6.08. The maximum Gasteiger partial charge on any atom is 0.255 e. The molecule has 25 heavy (non-hydrogen) atoms. The fourth-order valence-electron chi connectivity index (χ4n) is 3.39. The van der Waals surface area contributed by atoms with Crippen LogP contribution in [-0.2, 0) is 17.6 Å². The zero-order valence-electron chi connectivity index (χ0n) is 15.3. The Balaban J connectivity index is 1.93. The van der Waals surface area contributed by atoms with Crippen LogP contribution < -0.4 is 5.32 Å². The molecule has 0 unspecified atom stereocenters. The van der Waals surface area contributed by atoms with E-state index in [1.54, 1.807) is 7.05 Å². The molecule has 0 saturated carbocycles. The lowest BCUT2D eigenvalue weighted by Crippen LogP contribution is -2.46. The molecular weight excluding hydrogens is 314 g/mol. The number of aromatic nitrogens is 1. The monoisotopic (exact) mass is 339 g/mol. The van der Waals surface area contributed by atoms with E-state index in [1.165, 1.54) is 4.90 Å². The van der Waals surface area contributed by atoms with Crippen molar-refractivity contribution >= 4 is 22.7 Å². The molecule has 2 amide bonds. The van der Waals surface area contributed by atoms with Crippen LogP contribution in [-0.4, -0.2) is 40.8 Å². The summed E-state index contributed by atoms with van der Waals surface area (Å²) in [6, 6.07) is 7.74. The van der Waals surface area contributed by atoms with Crippen molar-refractivity contribution in [1.82, 2.24) is 15.2 Å². The number of likely N-dealkylation sites (N-methyl/N-ethyl adjacent to an activating group) is 1. The predicted octanol–water partition coefficient (Wildman–Crippen LogP) is 2.71. The van der Waals surface area contributed by atoms with Gasteiger partial charge < -0.3 is 10.2 Å². The average Bonchev–Trinajstić information content (AvgIpc) is 2.97. The van der Waals surface area contributed by atoms with Gasteiger partial charge in [0.05, 0.1) is 17.6 Å². The lowest BCUT2D eigenvalue weighted by atomic mass is 10.00. The topological polar surface area (TPSA) is 62.3 Å². The number of aryl methyl sites for hydroxylation is 1. The summed E-state index contributed by atoms with van der Waals surface area (Å²) in [7, 11) is 1.68. The lowest BCUT2D eigenvalue weighted by Gasteiger charge is -2.24. The molecule has 0 radical (unpaired) electrons. The highest BCUT2D eigenvalue weighted by Gasteiger charge is 2.26. The summed E-state index contributed by atoms with van der Waals surface area (Å²) in [5.74, 6) is -0.265. The van der Waals surface area contributed by atoms with Crippen molar-refractivity contribution in [2.45, 2.75) is 45.6 Å². The Hall–Kier alpha value is -2.43. The van der Waals surface area contributed by atoms with Gasteiger partial charge in [0.2, 0.25) is 5.91 Å². The van der Waals surface area contributed by atoms with Gasteiger partial charge in [0, 0.05) is 23.7 Å².